The molecule has 0 aliphatic carbocycles. The van der Waals surface area contributed by atoms with Crippen molar-refractivity contribution >= 4 is 23.3 Å². The van der Waals surface area contributed by atoms with Gasteiger partial charge in [0.2, 0.25) is 5.91 Å². The maximum Gasteiger partial charge on any atom is 0.242 e. The minimum absolute atomic E-state index is 0.283. The monoisotopic (exact) mass is 199 g/mol. The van der Waals surface area contributed by atoms with Crippen LogP contribution in [-0.2, 0) is 4.79 Å². The van der Waals surface area contributed by atoms with Crippen molar-refractivity contribution in [3.63, 3.8) is 0 Å². The molecule has 0 unspecified atom stereocenters. The van der Waals surface area contributed by atoms with Gasteiger partial charge in [0, 0.05) is 0 Å². The fourth-order valence-electron chi connectivity index (χ4n) is 0.718. The molecule has 1 atom stereocenters. The molecule has 0 aliphatic rings. The average molecular weight is 200 g/mol. The number of hydrogen-bond acceptors (Lipinski definition) is 3. The first-order valence-corrected chi connectivity index (χ1v) is 4.16. The van der Waals surface area contributed by atoms with Crippen LogP contribution < -0.4 is 11.1 Å². The van der Waals surface area contributed by atoms with Crippen molar-refractivity contribution in [1.29, 1.82) is 0 Å². The van der Waals surface area contributed by atoms with Gasteiger partial charge in [0.25, 0.3) is 0 Å². The second-order valence-corrected chi connectivity index (χ2v) is 3.01. The number of aromatic nitrogens is 1. The third-order valence-corrected chi connectivity index (χ3v) is 1.59. The number of anilines is 1. The SMILES string of the molecule is C[C@H](N)C(=O)Nc1cccc(Cl)n1. The van der Waals surface area contributed by atoms with Crippen molar-refractivity contribution in [2.45, 2.75) is 13.0 Å². The Morgan fingerprint density at radius 3 is 2.92 bits per heavy atom. The van der Waals surface area contributed by atoms with Gasteiger partial charge in [0.1, 0.15) is 11.0 Å². The second-order valence-electron chi connectivity index (χ2n) is 2.62. The molecule has 3 N–H and O–H groups in total. The summed E-state index contributed by atoms with van der Waals surface area (Å²) in [6.07, 6.45) is 0. The Labute approximate surface area is 81.1 Å². The van der Waals surface area contributed by atoms with E-state index in [-0.39, 0.29) is 5.91 Å². The number of nitrogens with two attached hydrogens (primary N) is 1. The summed E-state index contributed by atoms with van der Waals surface area (Å²) in [5.41, 5.74) is 5.35. The lowest BCUT2D eigenvalue weighted by Gasteiger charge is -2.06. The largest absolute Gasteiger partial charge is 0.320 e. The number of carbonyl (C=O) groups is 1. The Morgan fingerprint density at radius 2 is 2.38 bits per heavy atom. The zero-order valence-electron chi connectivity index (χ0n) is 7.12. The van der Waals surface area contributed by atoms with Gasteiger partial charge in [0.15, 0.2) is 0 Å². The van der Waals surface area contributed by atoms with Gasteiger partial charge >= 0.3 is 0 Å². The van der Waals surface area contributed by atoms with Crippen molar-refractivity contribution in [2.75, 3.05) is 5.32 Å². The normalized spacial score (nSPS) is 12.2. The average Bonchev–Trinajstić information content (AvgIpc) is 2.04. The minimum atomic E-state index is -0.555. The predicted octanol–water partition coefficient (Wildman–Crippen LogP) is 1.02. The zero-order valence-corrected chi connectivity index (χ0v) is 7.88. The van der Waals surface area contributed by atoms with Crippen LogP contribution in [0.1, 0.15) is 6.92 Å². The van der Waals surface area contributed by atoms with Gasteiger partial charge in [-0.2, -0.15) is 0 Å². The second kappa shape index (κ2) is 4.20. The molecule has 1 rings (SSSR count). The van der Waals surface area contributed by atoms with Crippen LogP contribution >= 0.6 is 11.6 Å². The molecular formula is C8H10ClN3O. The van der Waals surface area contributed by atoms with Crippen LogP contribution in [-0.4, -0.2) is 16.9 Å². The third-order valence-electron chi connectivity index (χ3n) is 1.38. The number of carbonyl (C=O) groups excluding carboxylic acids is 1. The van der Waals surface area contributed by atoms with Gasteiger partial charge in [-0.3, -0.25) is 4.79 Å². The number of amides is 1. The Kier molecular flexibility index (Phi) is 3.22. The molecule has 0 fully saturated rings. The van der Waals surface area contributed by atoms with Crippen LogP contribution in [0.25, 0.3) is 0 Å². The van der Waals surface area contributed by atoms with Gasteiger partial charge in [-0.1, -0.05) is 17.7 Å². The number of nitrogens with zero attached hydrogens (tertiary/aromatic N) is 1. The number of hydrogen-bond donors (Lipinski definition) is 2. The van der Waals surface area contributed by atoms with Gasteiger partial charge < -0.3 is 11.1 Å². The van der Waals surface area contributed by atoms with Gasteiger partial charge in [-0.05, 0) is 19.1 Å². The minimum Gasteiger partial charge on any atom is -0.320 e. The van der Waals surface area contributed by atoms with E-state index in [2.05, 4.69) is 10.3 Å². The lowest BCUT2D eigenvalue weighted by molar-refractivity contribution is -0.117. The summed E-state index contributed by atoms with van der Waals surface area (Å²) < 4.78 is 0. The molecule has 1 aromatic rings. The smallest absolute Gasteiger partial charge is 0.242 e. The van der Waals surface area contributed by atoms with E-state index in [0.717, 1.165) is 0 Å². The molecule has 0 radical (unpaired) electrons. The van der Waals surface area contributed by atoms with E-state index in [4.69, 9.17) is 17.3 Å². The van der Waals surface area contributed by atoms with E-state index in [1.807, 2.05) is 0 Å². The highest BCUT2D eigenvalue weighted by Crippen LogP contribution is 2.08. The fraction of sp³-hybridized carbons (Fsp3) is 0.250. The topological polar surface area (TPSA) is 68.0 Å². The molecule has 1 amide bonds. The van der Waals surface area contributed by atoms with E-state index >= 15 is 0 Å². The molecule has 13 heavy (non-hydrogen) atoms. The van der Waals surface area contributed by atoms with E-state index < -0.39 is 6.04 Å². The first-order valence-electron chi connectivity index (χ1n) is 3.78. The van der Waals surface area contributed by atoms with E-state index in [9.17, 15) is 4.79 Å². The maximum atomic E-state index is 11.1. The van der Waals surface area contributed by atoms with E-state index in [0.29, 0.717) is 11.0 Å². The highest BCUT2D eigenvalue weighted by atomic mass is 35.5. The summed E-state index contributed by atoms with van der Waals surface area (Å²) in [4.78, 5) is 15.0. The number of nitrogens with one attached hydrogen (secondary N) is 1. The maximum absolute atomic E-state index is 11.1. The highest BCUT2D eigenvalue weighted by molar-refractivity contribution is 6.29. The Morgan fingerprint density at radius 1 is 1.69 bits per heavy atom. The van der Waals surface area contributed by atoms with Crippen LogP contribution in [0, 0.1) is 0 Å². The zero-order chi connectivity index (χ0) is 9.84. The molecule has 0 aromatic carbocycles. The molecule has 0 saturated carbocycles. The lowest BCUT2D eigenvalue weighted by Crippen LogP contribution is -2.32. The molecule has 0 aliphatic heterocycles. The van der Waals surface area contributed by atoms with Crippen LogP contribution in [0.4, 0.5) is 5.82 Å². The molecule has 1 heterocycles. The summed E-state index contributed by atoms with van der Waals surface area (Å²) >= 11 is 5.61. The standard InChI is InChI=1S/C8H10ClN3O/c1-5(10)8(13)12-7-4-2-3-6(9)11-7/h2-5H,10H2,1H3,(H,11,12,13)/t5-/m0/s1. The highest BCUT2D eigenvalue weighted by Gasteiger charge is 2.07. The third kappa shape index (κ3) is 3.01. The molecular weight excluding hydrogens is 190 g/mol. The first-order chi connectivity index (χ1) is 6.09. The molecule has 0 saturated heterocycles. The summed E-state index contributed by atoms with van der Waals surface area (Å²) in [5.74, 6) is 0.129. The van der Waals surface area contributed by atoms with Crippen LogP contribution in [0.3, 0.4) is 0 Å². The van der Waals surface area contributed by atoms with Gasteiger partial charge in [-0.15, -0.1) is 0 Å². The summed E-state index contributed by atoms with van der Waals surface area (Å²) in [7, 11) is 0. The Hall–Kier alpha value is -1.13. The van der Waals surface area contributed by atoms with Crippen molar-refractivity contribution in [3.8, 4) is 0 Å². The van der Waals surface area contributed by atoms with Crippen LogP contribution in [0.5, 0.6) is 0 Å². The fourth-order valence-corrected chi connectivity index (χ4v) is 0.882. The Bertz CT molecular complexity index is 314. The van der Waals surface area contributed by atoms with Crippen molar-refractivity contribution in [2.24, 2.45) is 5.73 Å². The van der Waals surface area contributed by atoms with Crippen LogP contribution in [0.2, 0.25) is 5.15 Å². The Balaban J connectivity index is 2.69. The summed E-state index contributed by atoms with van der Waals surface area (Å²) in [6.45, 7) is 1.60. The van der Waals surface area contributed by atoms with Crippen molar-refractivity contribution in [3.05, 3.63) is 23.4 Å². The summed E-state index contributed by atoms with van der Waals surface area (Å²) in [6, 6.07) is 4.42. The molecule has 5 heteroatoms. The molecule has 0 spiro atoms. The number of halogens is 1. The lowest BCUT2D eigenvalue weighted by atomic mass is 10.3. The summed E-state index contributed by atoms with van der Waals surface area (Å²) in [5, 5.41) is 2.86. The quantitative estimate of drug-likeness (QED) is 0.699. The van der Waals surface area contributed by atoms with Crippen LogP contribution in [0.15, 0.2) is 18.2 Å². The van der Waals surface area contributed by atoms with E-state index in [1.54, 1.807) is 25.1 Å². The van der Waals surface area contributed by atoms with Crippen molar-refractivity contribution in [1.82, 2.24) is 4.98 Å². The molecule has 0 bridgehead atoms. The number of pyridine rings is 1. The van der Waals surface area contributed by atoms with E-state index in [1.165, 1.54) is 0 Å². The first kappa shape index (κ1) is 9.95. The molecule has 70 valence electrons. The molecule has 4 nitrogen and oxygen atoms in total. The van der Waals surface area contributed by atoms with Gasteiger partial charge in [0.05, 0.1) is 6.04 Å². The van der Waals surface area contributed by atoms with Gasteiger partial charge in [-0.25, -0.2) is 4.98 Å². The molecule has 1 aromatic heterocycles. The number of rotatable bonds is 2. The predicted molar refractivity (Wildman–Crippen MR) is 51.5 cm³/mol. The van der Waals surface area contributed by atoms with Crippen molar-refractivity contribution < 1.29 is 4.79 Å².